The third-order valence-electron chi connectivity index (χ3n) is 6.21. The van der Waals surface area contributed by atoms with Gasteiger partial charge in [-0.1, -0.05) is 6.07 Å². The normalized spacial score (nSPS) is 15.0. The topological polar surface area (TPSA) is 103 Å². The number of pyridine rings is 1. The number of rotatable bonds is 6. The maximum absolute atomic E-state index is 13.9. The van der Waals surface area contributed by atoms with Crippen molar-refractivity contribution in [2.45, 2.75) is 12.6 Å². The quantitative estimate of drug-likeness (QED) is 0.330. The number of aliphatic hydroxyl groups is 1. The molecule has 194 valence electrons. The van der Waals surface area contributed by atoms with Gasteiger partial charge in [-0.3, -0.25) is 14.1 Å². The molecular weight excluding hydrogens is 565 g/mol. The smallest absolute Gasteiger partial charge is 0.300 e. The summed E-state index contributed by atoms with van der Waals surface area (Å²) in [6, 6.07) is 6.21. The molecule has 4 heterocycles. The molecule has 0 radical (unpaired) electrons. The summed E-state index contributed by atoms with van der Waals surface area (Å²) in [5.41, 5.74) is 1.89. The molecule has 3 aromatic heterocycles. The number of hydrogen-bond donors (Lipinski definition) is 2. The molecule has 37 heavy (non-hydrogen) atoms. The molecule has 4 aromatic rings. The molecule has 0 aliphatic carbocycles. The van der Waals surface area contributed by atoms with Crippen LogP contribution in [0.15, 0.2) is 45.9 Å². The van der Waals surface area contributed by atoms with Crippen LogP contribution < -0.4 is 10.5 Å². The number of ether oxygens (including phenoxy) is 1. The van der Waals surface area contributed by atoms with Crippen LogP contribution in [-0.2, 0) is 11.2 Å². The van der Waals surface area contributed by atoms with E-state index >= 15 is 0 Å². The molecule has 1 fully saturated rings. The lowest BCUT2D eigenvalue weighted by Gasteiger charge is -2.29. The van der Waals surface area contributed by atoms with E-state index in [9.17, 15) is 19.4 Å². The van der Waals surface area contributed by atoms with Crippen LogP contribution in [0.25, 0.3) is 16.3 Å². The lowest BCUT2D eigenvalue weighted by atomic mass is 10.0. The van der Waals surface area contributed by atoms with Crippen LogP contribution in [0, 0.1) is 5.82 Å². The van der Waals surface area contributed by atoms with E-state index in [0.717, 1.165) is 16.1 Å². The van der Waals surface area contributed by atoms with Gasteiger partial charge < -0.3 is 19.8 Å². The third kappa shape index (κ3) is 5.12. The number of anilines is 1. The van der Waals surface area contributed by atoms with Crippen molar-refractivity contribution in [3.63, 3.8) is 0 Å². The van der Waals surface area contributed by atoms with Gasteiger partial charge in [-0.05, 0) is 53.8 Å². The lowest BCUT2D eigenvalue weighted by molar-refractivity contribution is 0.0386. The van der Waals surface area contributed by atoms with Crippen LogP contribution in [0.4, 0.5) is 10.1 Å². The lowest BCUT2D eigenvalue weighted by Crippen LogP contribution is -2.36. The Balaban J connectivity index is 1.50. The van der Waals surface area contributed by atoms with Gasteiger partial charge in [0.25, 0.3) is 0 Å². The molecule has 9 nitrogen and oxygen atoms in total. The van der Waals surface area contributed by atoms with E-state index in [-0.39, 0.29) is 5.69 Å². The maximum atomic E-state index is 13.9. The minimum Gasteiger partial charge on any atom is -0.501 e. The summed E-state index contributed by atoms with van der Waals surface area (Å²) in [5.74, 6) is -0.923. The molecule has 0 amide bonds. The molecule has 1 atom stereocenters. The summed E-state index contributed by atoms with van der Waals surface area (Å²) in [4.78, 5) is 26.6. The first-order chi connectivity index (χ1) is 17.7. The van der Waals surface area contributed by atoms with Crippen molar-refractivity contribution in [1.29, 1.82) is 0 Å². The van der Waals surface area contributed by atoms with E-state index < -0.39 is 23.4 Å². The molecule has 12 heteroatoms. The number of aromatic nitrogens is 3. The molecule has 1 aliphatic rings. The standard InChI is InChI=1S/C25H25BrFN5O4S/c1-30(2)24(34)18-10-15(27)4-3-14(18)9-17-12-28-23(37-17)20-21(33)25(35)32-13-16(11-19(26)22(32)29-20)31-5-7-36-8-6-31/h3-4,10-13,24,33-34H,5-9H2,1-2H3. The summed E-state index contributed by atoms with van der Waals surface area (Å²) < 4.78 is 21.2. The highest BCUT2D eigenvalue weighted by Gasteiger charge is 2.21. The minimum absolute atomic E-state index is 0.0914. The van der Waals surface area contributed by atoms with Crippen molar-refractivity contribution < 1.29 is 19.3 Å². The first-order valence-corrected chi connectivity index (χ1v) is 13.2. The summed E-state index contributed by atoms with van der Waals surface area (Å²) >= 11 is 4.80. The first-order valence-electron chi connectivity index (χ1n) is 11.6. The molecule has 1 aliphatic heterocycles. The van der Waals surface area contributed by atoms with E-state index in [4.69, 9.17) is 4.74 Å². The zero-order valence-electron chi connectivity index (χ0n) is 20.2. The second kappa shape index (κ2) is 10.5. The SMILES string of the molecule is CN(C)C(O)c1cc(F)ccc1Cc1cnc(-c2nc3c(Br)cc(N4CCOCC4)cn3c(=O)c2O)s1. The molecule has 0 saturated carbocycles. The average molecular weight is 590 g/mol. The predicted octanol–water partition coefficient (Wildman–Crippen LogP) is 3.41. The number of benzene rings is 1. The number of thiazole rings is 1. The van der Waals surface area contributed by atoms with Gasteiger partial charge in [0.05, 0.1) is 23.4 Å². The van der Waals surface area contributed by atoms with Gasteiger partial charge in [0.2, 0.25) is 5.75 Å². The van der Waals surface area contributed by atoms with E-state index in [0.29, 0.717) is 53.4 Å². The summed E-state index contributed by atoms with van der Waals surface area (Å²) in [6.45, 7) is 2.61. The number of morpholine rings is 1. The zero-order chi connectivity index (χ0) is 26.3. The zero-order valence-corrected chi connectivity index (χ0v) is 22.6. The molecule has 1 unspecified atom stereocenters. The fraction of sp³-hybridized carbons (Fsp3) is 0.320. The van der Waals surface area contributed by atoms with Crippen LogP contribution in [0.3, 0.4) is 0 Å². The highest BCUT2D eigenvalue weighted by atomic mass is 79.9. The molecule has 1 saturated heterocycles. The highest BCUT2D eigenvalue weighted by Crippen LogP contribution is 2.33. The number of halogens is 2. The molecular formula is C25H25BrFN5O4S. The van der Waals surface area contributed by atoms with Gasteiger partial charge >= 0.3 is 5.56 Å². The van der Waals surface area contributed by atoms with Crippen LogP contribution in [-0.4, -0.2) is 69.9 Å². The van der Waals surface area contributed by atoms with Crippen LogP contribution >= 0.6 is 27.3 Å². The Morgan fingerprint density at radius 3 is 2.76 bits per heavy atom. The van der Waals surface area contributed by atoms with Crippen LogP contribution in [0.2, 0.25) is 0 Å². The predicted molar refractivity (Wildman–Crippen MR) is 143 cm³/mol. The first kappa shape index (κ1) is 25.7. The van der Waals surface area contributed by atoms with Crippen molar-refractivity contribution in [1.82, 2.24) is 19.3 Å². The molecule has 0 bridgehead atoms. The Kier molecular flexibility index (Phi) is 7.28. The fourth-order valence-electron chi connectivity index (χ4n) is 4.25. The Morgan fingerprint density at radius 1 is 1.27 bits per heavy atom. The summed E-state index contributed by atoms with van der Waals surface area (Å²) in [7, 11) is 3.41. The maximum Gasteiger partial charge on any atom is 0.300 e. The minimum atomic E-state index is -0.968. The highest BCUT2D eigenvalue weighted by molar-refractivity contribution is 9.10. The number of aliphatic hydroxyl groups excluding tert-OH is 1. The van der Waals surface area contributed by atoms with E-state index in [1.807, 2.05) is 6.07 Å². The van der Waals surface area contributed by atoms with Gasteiger partial charge in [0.15, 0.2) is 5.65 Å². The second-order valence-corrected chi connectivity index (χ2v) is 10.9. The largest absolute Gasteiger partial charge is 0.501 e. The third-order valence-corrected chi connectivity index (χ3v) is 7.80. The average Bonchev–Trinajstić information content (AvgIpc) is 3.35. The van der Waals surface area contributed by atoms with Gasteiger partial charge in [-0.2, -0.15) is 0 Å². The van der Waals surface area contributed by atoms with Gasteiger partial charge in [-0.15, -0.1) is 11.3 Å². The van der Waals surface area contributed by atoms with Crippen molar-refractivity contribution >= 4 is 38.6 Å². The fourth-order valence-corrected chi connectivity index (χ4v) is 5.69. The molecule has 0 spiro atoms. The Morgan fingerprint density at radius 2 is 2.03 bits per heavy atom. The Hall–Kier alpha value is -2.90. The van der Waals surface area contributed by atoms with Gasteiger partial charge in [0, 0.05) is 42.3 Å². The van der Waals surface area contributed by atoms with Gasteiger partial charge in [0.1, 0.15) is 22.7 Å². The summed E-state index contributed by atoms with van der Waals surface area (Å²) in [5, 5.41) is 21.7. The Labute approximate surface area is 224 Å². The molecule has 1 aromatic carbocycles. The number of fused-ring (bicyclic) bond motifs is 1. The summed E-state index contributed by atoms with van der Waals surface area (Å²) in [6.07, 6.45) is 2.72. The van der Waals surface area contributed by atoms with E-state index in [1.165, 1.54) is 27.9 Å². The van der Waals surface area contributed by atoms with Crippen molar-refractivity contribution in [2.75, 3.05) is 45.3 Å². The van der Waals surface area contributed by atoms with E-state index in [1.54, 1.807) is 37.5 Å². The van der Waals surface area contributed by atoms with Crippen molar-refractivity contribution in [3.8, 4) is 16.5 Å². The van der Waals surface area contributed by atoms with E-state index in [2.05, 4.69) is 30.8 Å². The Bertz CT molecular complexity index is 1520. The van der Waals surface area contributed by atoms with Crippen molar-refractivity contribution in [2.24, 2.45) is 0 Å². The second-order valence-electron chi connectivity index (χ2n) is 8.94. The number of nitrogens with zero attached hydrogens (tertiary/aromatic N) is 5. The number of aromatic hydroxyl groups is 1. The monoisotopic (exact) mass is 589 g/mol. The number of hydrogen-bond acceptors (Lipinski definition) is 9. The van der Waals surface area contributed by atoms with Crippen molar-refractivity contribution in [3.05, 3.63) is 73.3 Å². The molecule has 5 rings (SSSR count). The van der Waals surface area contributed by atoms with Crippen LogP contribution in [0.1, 0.15) is 22.2 Å². The van der Waals surface area contributed by atoms with Gasteiger partial charge in [-0.25, -0.2) is 14.4 Å². The van der Waals surface area contributed by atoms with Crippen LogP contribution in [0.5, 0.6) is 5.75 Å². The molecule has 2 N–H and O–H groups in total.